The van der Waals surface area contributed by atoms with Crippen LogP contribution >= 0.6 is 0 Å². The predicted octanol–water partition coefficient (Wildman–Crippen LogP) is 27.1. The van der Waals surface area contributed by atoms with Gasteiger partial charge in [0.1, 0.15) is 0 Å². The molecule has 0 amide bonds. The first-order chi connectivity index (χ1) is 65.5. The van der Waals surface area contributed by atoms with Gasteiger partial charge in [-0.2, -0.15) is 0 Å². The summed E-state index contributed by atoms with van der Waals surface area (Å²) in [5.41, 5.74) is 26.1. The molecule has 0 bridgehead atoms. The van der Waals surface area contributed by atoms with Crippen LogP contribution in [0.2, 0.25) is 0 Å². The third-order valence-electron chi connectivity index (χ3n) is 26.1. The summed E-state index contributed by atoms with van der Waals surface area (Å²) in [5.74, 6) is 0. The number of fused-ring (bicyclic) bond motifs is 34. The van der Waals surface area contributed by atoms with Crippen molar-refractivity contribution in [3.05, 3.63) is 395 Å². The number of aromatic nitrogens is 13. The summed E-state index contributed by atoms with van der Waals surface area (Å²) in [6.45, 7) is 0. The van der Waals surface area contributed by atoms with Gasteiger partial charge in [-0.3, -0.25) is 0 Å². The van der Waals surface area contributed by atoms with Crippen molar-refractivity contribution in [3.63, 3.8) is 0 Å². The van der Waals surface area contributed by atoms with Gasteiger partial charge in [0.15, 0.2) is 0 Å². The Kier molecular flexibility index (Phi) is 17.2. The van der Waals surface area contributed by atoms with Crippen LogP contribution in [0.4, 0.5) is 0 Å². The maximum absolute atomic E-state index is 6.41. The third kappa shape index (κ3) is 11.5. The number of para-hydroxylation sites is 12. The van der Waals surface area contributed by atoms with Gasteiger partial charge in [-0.05, 0) is 0 Å². The molecule has 0 fully saturated rings. The molecule has 0 radical (unpaired) electrons. The van der Waals surface area contributed by atoms with Crippen molar-refractivity contribution in [2.24, 2.45) is 0 Å². The molecular formula is C114H65N13OSe4. The van der Waals surface area contributed by atoms with Crippen molar-refractivity contribution in [1.82, 2.24) is 62.7 Å². The molecule has 0 N–H and O–H groups in total. The average Bonchev–Trinajstić information content (AvgIpc) is 1.60. The number of furan rings is 1. The van der Waals surface area contributed by atoms with Crippen LogP contribution in [0.5, 0.6) is 0 Å². The van der Waals surface area contributed by atoms with E-state index in [0.717, 1.165) is 89.2 Å². The second-order valence-electron chi connectivity index (χ2n) is 33.2. The molecule has 14 aromatic heterocycles. The van der Waals surface area contributed by atoms with E-state index in [-0.39, 0.29) is 58.0 Å². The predicted molar refractivity (Wildman–Crippen MR) is 550 cm³/mol. The van der Waals surface area contributed by atoms with E-state index in [1.165, 1.54) is 170 Å². The normalized spacial score (nSPS) is 12.1. The van der Waals surface area contributed by atoms with E-state index in [1.54, 1.807) is 18.6 Å². The molecule has 0 saturated carbocycles. The summed E-state index contributed by atoms with van der Waals surface area (Å²) >= 11 is 0.516. The van der Waals surface area contributed by atoms with Gasteiger partial charge in [-0.15, -0.1) is 0 Å². The Hall–Kier alpha value is -15.5. The van der Waals surface area contributed by atoms with Gasteiger partial charge >= 0.3 is 780 Å². The Balaban J connectivity index is 0.0000000886. The number of nitrogens with zero attached hydrogens (tertiary/aromatic N) is 13. The summed E-state index contributed by atoms with van der Waals surface area (Å²) in [7, 11) is 0. The molecule has 0 saturated heterocycles. The van der Waals surface area contributed by atoms with Crippen LogP contribution in [0.25, 0.3) is 259 Å². The van der Waals surface area contributed by atoms with Crippen molar-refractivity contribution in [3.8, 4) is 28.4 Å². The molecular weight excluding hydrogens is 1880 g/mol. The third-order valence-corrected chi connectivity index (χ3v) is 35.0. The van der Waals surface area contributed by atoms with Gasteiger partial charge in [-0.25, -0.2) is 0 Å². The topological polar surface area (TPSA) is 141 Å². The molecule has 0 aliphatic rings. The Labute approximate surface area is 773 Å². The Bertz CT molecular complexity index is 10100. The quantitative estimate of drug-likeness (QED) is 0.154. The van der Waals surface area contributed by atoms with Gasteiger partial charge in [-0.1, -0.05) is 0 Å². The van der Waals surface area contributed by atoms with Crippen LogP contribution in [-0.4, -0.2) is 121 Å². The van der Waals surface area contributed by atoms with E-state index in [0.29, 0.717) is 0 Å². The van der Waals surface area contributed by atoms with Gasteiger partial charge in [0.05, 0.1) is 0 Å². The van der Waals surface area contributed by atoms with E-state index in [9.17, 15) is 0 Å². The van der Waals surface area contributed by atoms with E-state index in [2.05, 4.69) is 364 Å². The fraction of sp³-hybridized carbons (Fsp3) is 0. The number of hydrogen-bond acceptors (Lipinski definition) is 9. The first-order valence-electron chi connectivity index (χ1n) is 43.7. The Morgan fingerprint density at radius 1 is 0.212 bits per heavy atom. The minimum atomic E-state index is 0.0233. The Morgan fingerprint density at radius 3 is 1.13 bits per heavy atom. The number of rotatable bonds is 5. The second-order valence-corrected chi connectivity index (χ2v) is 41.7. The molecule has 616 valence electrons. The van der Waals surface area contributed by atoms with Crippen LogP contribution in [-0.2, 0) is 0 Å². The van der Waals surface area contributed by atoms with Gasteiger partial charge in [0.2, 0.25) is 0 Å². The second kappa shape index (κ2) is 30.0. The molecule has 31 aromatic rings. The van der Waals surface area contributed by atoms with Gasteiger partial charge < -0.3 is 0 Å². The van der Waals surface area contributed by atoms with Crippen LogP contribution in [0.1, 0.15) is 0 Å². The molecule has 17 aromatic carbocycles. The maximum atomic E-state index is 6.41. The average molecular weight is 1950 g/mol. The molecule has 18 heteroatoms. The van der Waals surface area contributed by atoms with E-state index >= 15 is 0 Å². The molecule has 0 unspecified atom stereocenters. The Morgan fingerprint density at radius 2 is 0.583 bits per heavy atom. The van der Waals surface area contributed by atoms with E-state index in [4.69, 9.17) is 24.4 Å². The summed E-state index contributed by atoms with van der Waals surface area (Å²) in [6.07, 6.45) is 10.8. The molecule has 31 rings (SSSR count). The van der Waals surface area contributed by atoms with Crippen molar-refractivity contribution in [2.75, 3.05) is 0 Å². The van der Waals surface area contributed by atoms with Gasteiger partial charge in [0, 0.05) is 0 Å². The first-order valence-corrected chi connectivity index (χ1v) is 50.6. The van der Waals surface area contributed by atoms with Crippen molar-refractivity contribution >= 4 is 289 Å². The molecule has 0 aliphatic heterocycles. The van der Waals surface area contributed by atoms with Crippen LogP contribution in [0.15, 0.2) is 400 Å². The zero-order valence-electron chi connectivity index (χ0n) is 69.9. The summed E-state index contributed by atoms with van der Waals surface area (Å²) < 4.78 is 28.4. The fourth-order valence-electron chi connectivity index (χ4n) is 20.6. The van der Waals surface area contributed by atoms with Crippen LogP contribution < -0.4 is 0 Å². The summed E-state index contributed by atoms with van der Waals surface area (Å²) in [4.78, 5) is 37.9. The monoisotopic (exact) mass is 1950 g/mol. The van der Waals surface area contributed by atoms with Crippen molar-refractivity contribution in [2.45, 2.75) is 0 Å². The molecule has 132 heavy (non-hydrogen) atoms. The first kappa shape index (κ1) is 75.4. The molecule has 0 spiro atoms. The minimum absolute atomic E-state index is 0.0233. The number of hydrogen-bond donors (Lipinski definition) is 0. The molecule has 14 nitrogen and oxygen atoms in total. The molecule has 0 aliphatic carbocycles. The fourth-order valence-corrected chi connectivity index (χ4v) is 29.6. The standard InChI is InChI=1S/C34H20N4Se.C28H15N3OSe.2C26H15N3Se/c1-5-13-26-21(9-1)22-10-2-6-14-27(22)37(26)30-18-17-25-31-34(36-20-19-35-31)39-33(25)32(30)38-28-15-7-3-11-23(28)24-12-4-8-16-29(24)38;1-3-7-21-19(6-1)25-22(12-11-18-17-5-2-4-8-23(17)32-27(18)25)31(21)16-9-10-20-24(15-16)33-28-26(20)29-13-14-30-28;1-5-11-22-17(7-1)18-8-2-6-12-23(18)29(22)16-13-14-19-24(15-16)30-26-25(19)27-20-9-3-4-10-21(20)28-26;1-2-10-19-18(9-1)22(15-23-24(19)25-26(30-23)28-14-13-27-25)29-20-11-5-3-7-16(20)17-8-4-6-12-21(17)29/h1-20H;1-15H;2*1-15H. The zero-order valence-corrected chi connectivity index (χ0v) is 76.7. The number of benzene rings is 17. The van der Waals surface area contributed by atoms with E-state index < -0.39 is 0 Å². The van der Waals surface area contributed by atoms with Crippen LogP contribution in [0, 0.1) is 0 Å². The van der Waals surface area contributed by atoms with Gasteiger partial charge in [0.25, 0.3) is 0 Å². The van der Waals surface area contributed by atoms with Crippen molar-refractivity contribution in [1.29, 1.82) is 0 Å². The summed E-state index contributed by atoms with van der Waals surface area (Å²) in [6, 6.07) is 128. The molecule has 0 atom stereocenters. The summed E-state index contributed by atoms with van der Waals surface area (Å²) in [5, 5.41) is 22.3. The van der Waals surface area contributed by atoms with Crippen molar-refractivity contribution < 1.29 is 4.42 Å². The van der Waals surface area contributed by atoms with E-state index in [1.807, 2.05) is 55.0 Å². The van der Waals surface area contributed by atoms with Crippen LogP contribution in [0.3, 0.4) is 0 Å². The molecule has 14 heterocycles. The SMILES string of the molecule is c1ccc2c(c1)c(-n1c3ccccc3c3ccccc31)cc1[se]c3nccnc3c12.c1ccc2c(c1)c1ccccc1n2-c1ccc2c([se]c3nccnc32)c1-n1c2ccccc2c2ccccc21.c1ccc2c(c1)oc1c2ccc2c1c1ccccc1n2-c1ccc2c(c1)[se]c1nccnc12.c1ccc2nc3c(nc2c1)[se]c1cc(-n2c4ccccc4c4ccccc42)ccc13. The zero-order chi connectivity index (χ0) is 86.3.